The van der Waals surface area contributed by atoms with Gasteiger partial charge in [-0.15, -0.1) is 0 Å². The van der Waals surface area contributed by atoms with Crippen molar-refractivity contribution in [3.63, 3.8) is 0 Å². The quantitative estimate of drug-likeness (QED) is 0.867. The Morgan fingerprint density at radius 1 is 1.47 bits per heavy atom. The van der Waals surface area contributed by atoms with E-state index in [9.17, 15) is 4.79 Å². The van der Waals surface area contributed by atoms with Gasteiger partial charge in [0, 0.05) is 19.0 Å². The van der Waals surface area contributed by atoms with Crippen LogP contribution < -0.4 is 11.1 Å². The van der Waals surface area contributed by atoms with Crippen molar-refractivity contribution in [2.45, 2.75) is 39.8 Å². The van der Waals surface area contributed by atoms with Crippen molar-refractivity contribution in [2.75, 3.05) is 0 Å². The number of nitrogens with two attached hydrogens (primary N) is 1. The molecule has 0 aromatic heterocycles. The average molecular weight is 259 g/mol. The van der Waals surface area contributed by atoms with Gasteiger partial charge in [-0.25, -0.2) is 0 Å². The molecule has 0 aliphatic carbocycles. The highest BCUT2D eigenvalue weighted by atomic mass is 16.1. The van der Waals surface area contributed by atoms with E-state index in [0.717, 1.165) is 5.56 Å². The van der Waals surface area contributed by atoms with Crippen LogP contribution in [0.5, 0.6) is 0 Å². The molecule has 1 aromatic carbocycles. The van der Waals surface area contributed by atoms with Crippen molar-refractivity contribution >= 4 is 5.91 Å². The van der Waals surface area contributed by atoms with Crippen molar-refractivity contribution in [2.24, 2.45) is 11.1 Å². The molecule has 0 radical (unpaired) electrons. The molecular weight excluding hydrogens is 238 g/mol. The Balaban J connectivity index is 2.49. The molecule has 3 N–H and O–H groups in total. The second kappa shape index (κ2) is 6.35. The van der Waals surface area contributed by atoms with Crippen LogP contribution in [0.25, 0.3) is 0 Å². The summed E-state index contributed by atoms with van der Waals surface area (Å²) in [5.41, 5.74) is 7.39. The fourth-order valence-corrected chi connectivity index (χ4v) is 1.53. The smallest absolute Gasteiger partial charge is 0.221 e. The lowest BCUT2D eigenvalue weighted by atomic mass is 9.85. The SMILES string of the molecule is CC(C)(C)C(N)CC(=O)NCc1cccc(C#N)c1. The number of benzene rings is 1. The van der Waals surface area contributed by atoms with Crippen LogP contribution >= 0.6 is 0 Å². The van der Waals surface area contributed by atoms with Gasteiger partial charge >= 0.3 is 0 Å². The lowest BCUT2D eigenvalue weighted by Gasteiger charge is -2.26. The second-order valence-corrected chi connectivity index (χ2v) is 5.77. The molecule has 0 heterocycles. The summed E-state index contributed by atoms with van der Waals surface area (Å²) < 4.78 is 0. The zero-order valence-electron chi connectivity index (χ0n) is 11.7. The van der Waals surface area contributed by atoms with Gasteiger partial charge in [-0.2, -0.15) is 5.26 Å². The van der Waals surface area contributed by atoms with Crippen LogP contribution in [0.1, 0.15) is 38.3 Å². The first-order valence-corrected chi connectivity index (χ1v) is 6.34. The van der Waals surface area contributed by atoms with Crippen LogP contribution in [0.15, 0.2) is 24.3 Å². The topological polar surface area (TPSA) is 78.9 Å². The summed E-state index contributed by atoms with van der Waals surface area (Å²) >= 11 is 0. The Kier molecular flexibility index (Phi) is 5.08. The Morgan fingerprint density at radius 3 is 2.74 bits per heavy atom. The summed E-state index contributed by atoms with van der Waals surface area (Å²) in [7, 11) is 0. The summed E-state index contributed by atoms with van der Waals surface area (Å²) in [6.07, 6.45) is 0.307. The summed E-state index contributed by atoms with van der Waals surface area (Å²) in [6.45, 7) is 6.47. The number of hydrogen-bond donors (Lipinski definition) is 2. The van der Waals surface area contributed by atoms with Crippen LogP contribution in [-0.4, -0.2) is 11.9 Å². The summed E-state index contributed by atoms with van der Waals surface area (Å²) in [5, 5.41) is 11.6. The molecule has 0 saturated carbocycles. The molecule has 0 saturated heterocycles. The van der Waals surface area contributed by atoms with Gasteiger partial charge in [0.05, 0.1) is 11.6 Å². The third-order valence-corrected chi connectivity index (χ3v) is 3.06. The standard InChI is InChI=1S/C15H21N3O/c1-15(2,3)13(17)8-14(19)18-10-12-6-4-5-11(7-12)9-16/h4-7,13H,8,10,17H2,1-3H3,(H,18,19). The molecule has 4 heteroatoms. The lowest BCUT2D eigenvalue weighted by molar-refractivity contribution is -0.122. The minimum Gasteiger partial charge on any atom is -0.352 e. The second-order valence-electron chi connectivity index (χ2n) is 5.77. The predicted molar refractivity (Wildman–Crippen MR) is 75.1 cm³/mol. The maximum absolute atomic E-state index is 11.8. The molecular formula is C15H21N3O. The normalized spacial score (nSPS) is 12.6. The number of carbonyl (C=O) groups excluding carboxylic acids is 1. The molecule has 19 heavy (non-hydrogen) atoms. The number of nitrogens with one attached hydrogen (secondary N) is 1. The number of nitrogens with zero attached hydrogens (tertiary/aromatic N) is 1. The van der Waals surface area contributed by atoms with Gasteiger partial charge in [0.15, 0.2) is 0 Å². The molecule has 0 aliphatic heterocycles. The largest absolute Gasteiger partial charge is 0.352 e. The molecule has 0 spiro atoms. The number of nitriles is 1. The van der Waals surface area contributed by atoms with E-state index in [1.807, 2.05) is 26.8 Å². The maximum Gasteiger partial charge on any atom is 0.221 e. The molecule has 4 nitrogen and oxygen atoms in total. The molecule has 0 aliphatic rings. The van der Waals surface area contributed by atoms with Gasteiger partial charge in [-0.05, 0) is 23.1 Å². The third kappa shape index (κ3) is 5.11. The number of hydrogen-bond acceptors (Lipinski definition) is 3. The zero-order chi connectivity index (χ0) is 14.5. The fraction of sp³-hybridized carbons (Fsp3) is 0.467. The van der Waals surface area contributed by atoms with Gasteiger partial charge in [-0.1, -0.05) is 32.9 Å². The van der Waals surface area contributed by atoms with E-state index in [4.69, 9.17) is 11.0 Å². The molecule has 102 valence electrons. The Morgan fingerprint density at radius 2 is 2.16 bits per heavy atom. The van der Waals surface area contributed by atoms with Crippen molar-refractivity contribution < 1.29 is 4.79 Å². The molecule has 0 bridgehead atoms. The highest BCUT2D eigenvalue weighted by molar-refractivity contribution is 5.76. The van der Waals surface area contributed by atoms with Crippen LogP contribution in [0, 0.1) is 16.7 Å². The first-order valence-electron chi connectivity index (χ1n) is 6.34. The minimum atomic E-state index is -0.169. The fourth-order valence-electron chi connectivity index (χ4n) is 1.53. The van der Waals surface area contributed by atoms with Gasteiger partial charge < -0.3 is 11.1 Å². The minimum absolute atomic E-state index is 0.0650. The van der Waals surface area contributed by atoms with E-state index in [0.29, 0.717) is 18.5 Å². The Hall–Kier alpha value is -1.86. The molecule has 1 aromatic rings. The zero-order valence-corrected chi connectivity index (χ0v) is 11.7. The van der Waals surface area contributed by atoms with E-state index in [2.05, 4.69) is 11.4 Å². The van der Waals surface area contributed by atoms with Crippen LogP contribution in [0.4, 0.5) is 0 Å². The van der Waals surface area contributed by atoms with Gasteiger partial charge in [-0.3, -0.25) is 4.79 Å². The molecule has 1 rings (SSSR count). The summed E-state index contributed by atoms with van der Waals surface area (Å²) in [5.74, 6) is -0.0650. The van der Waals surface area contributed by atoms with Crippen LogP contribution in [0.2, 0.25) is 0 Å². The number of carbonyl (C=O) groups is 1. The highest BCUT2D eigenvalue weighted by Crippen LogP contribution is 2.19. The van der Waals surface area contributed by atoms with E-state index in [1.165, 1.54) is 0 Å². The van der Waals surface area contributed by atoms with Crippen LogP contribution in [-0.2, 0) is 11.3 Å². The highest BCUT2D eigenvalue weighted by Gasteiger charge is 2.22. The molecule has 1 unspecified atom stereocenters. The van der Waals surface area contributed by atoms with Gasteiger partial charge in [0.25, 0.3) is 0 Å². The van der Waals surface area contributed by atoms with Crippen molar-refractivity contribution in [1.29, 1.82) is 5.26 Å². The summed E-state index contributed by atoms with van der Waals surface area (Å²) in [6, 6.07) is 9.10. The molecule has 1 atom stereocenters. The van der Waals surface area contributed by atoms with E-state index >= 15 is 0 Å². The number of amides is 1. The third-order valence-electron chi connectivity index (χ3n) is 3.06. The van der Waals surface area contributed by atoms with E-state index < -0.39 is 0 Å². The van der Waals surface area contributed by atoms with Gasteiger partial charge in [0.2, 0.25) is 5.91 Å². The first-order chi connectivity index (χ1) is 8.82. The van der Waals surface area contributed by atoms with Crippen molar-refractivity contribution in [3.8, 4) is 6.07 Å². The summed E-state index contributed by atoms with van der Waals surface area (Å²) in [4.78, 5) is 11.8. The maximum atomic E-state index is 11.8. The Labute approximate surface area is 114 Å². The Bertz CT molecular complexity index is 483. The monoisotopic (exact) mass is 259 g/mol. The molecule has 0 fully saturated rings. The predicted octanol–water partition coefficient (Wildman–Crippen LogP) is 1.94. The van der Waals surface area contributed by atoms with E-state index in [-0.39, 0.29) is 17.4 Å². The van der Waals surface area contributed by atoms with Crippen LogP contribution in [0.3, 0.4) is 0 Å². The number of rotatable bonds is 4. The van der Waals surface area contributed by atoms with Crippen molar-refractivity contribution in [1.82, 2.24) is 5.32 Å². The molecule has 1 amide bonds. The van der Waals surface area contributed by atoms with Gasteiger partial charge in [0.1, 0.15) is 0 Å². The van der Waals surface area contributed by atoms with E-state index in [1.54, 1.807) is 18.2 Å². The lowest BCUT2D eigenvalue weighted by Crippen LogP contribution is -2.40. The first kappa shape index (κ1) is 15.2. The van der Waals surface area contributed by atoms with Crippen molar-refractivity contribution in [3.05, 3.63) is 35.4 Å². The average Bonchev–Trinajstić information content (AvgIpc) is 2.35.